The Hall–Kier alpha value is -7.56. The van der Waals surface area contributed by atoms with Gasteiger partial charge in [-0.1, -0.05) is 12.5 Å². The average molecular weight is 1300 g/mol. The van der Waals surface area contributed by atoms with Crippen LogP contribution < -0.4 is 105 Å². The molecule has 1 aromatic rings. The molecule has 10 amide bonds. The number of aromatic amines is 1. The molecule has 1 aliphatic heterocycles. The fraction of sp³-hybridized carbons (Fsp3) is 0.704. The number of aliphatic hydroxyl groups excluding tert-OH is 4. The molecule has 91 heavy (non-hydrogen) atoms. The smallest absolute Gasteiger partial charge is 0.268 e. The summed E-state index contributed by atoms with van der Waals surface area (Å²) in [6, 6.07) is -11.6. The number of nitrogens with zero attached hydrogens (tertiary/aromatic N) is 3. The van der Waals surface area contributed by atoms with Crippen molar-refractivity contribution in [2.24, 2.45) is 62.3 Å². The Labute approximate surface area is 528 Å². The monoisotopic (exact) mass is 1300 g/mol. The van der Waals surface area contributed by atoms with Crippen molar-refractivity contribution in [3.63, 3.8) is 0 Å². The highest BCUT2D eigenvalue weighted by Gasteiger charge is 2.40. The Morgan fingerprint density at radius 3 is 1.81 bits per heavy atom. The number of aliphatic hydroxyl groups is 4. The molecule has 0 bridgehead atoms. The summed E-state index contributed by atoms with van der Waals surface area (Å²) in [6.45, 7) is -1.34. The number of nitrogens with two attached hydrogens (primary N) is 10. The van der Waals surface area contributed by atoms with Gasteiger partial charge in [0.2, 0.25) is 53.2 Å². The third-order valence-electron chi connectivity index (χ3n) is 14.5. The Morgan fingerprint density at radius 1 is 0.626 bits per heavy atom. The van der Waals surface area contributed by atoms with Crippen molar-refractivity contribution < 1.29 is 68.4 Å². The number of carbonyl (C=O) groups excluding carboxylic acids is 10. The minimum atomic E-state index is -1.85. The van der Waals surface area contributed by atoms with Gasteiger partial charge in [-0.15, -0.1) is 0 Å². The van der Waals surface area contributed by atoms with E-state index in [1.807, 2.05) is 0 Å². The largest absolute Gasteiger partial charge is 0.392 e. The van der Waals surface area contributed by atoms with Crippen LogP contribution in [-0.4, -0.2) is 245 Å². The Kier molecular flexibility index (Phi) is 38.5. The van der Waals surface area contributed by atoms with Crippen molar-refractivity contribution in [3.8, 4) is 0 Å². The molecular weight excluding hydrogens is 1190 g/mol. The predicted octanol–water partition coefficient (Wildman–Crippen LogP) is -11.5. The second-order valence-electron chi connectivity index (χ2n) is 21.8. The van der Waals surface area contributed by atoms with Crippen LogP contribution in [-0.2, 0) is 54.4 Å². The standard InChI is InChI=1S/C54H101N23O14/c55-16-2-1-8-33(62)45(83)75-44(41(81)26-61)52(90)76-43(40(80)25-60)51(89)68-28-42(82)70-37(9-5-18-57)53(91)77-21-7-11-39(77)50(88)74-38(22-30-27-65-29-69-30)49(87)73-36(15-13-32(79)24-59)48(86)71-34(10-6-20-67-54(63)64)47(85)72-35(14-12-31(78)23-58)46(84)66-19-4-3-17-56/h10,27,29,31-33,35-41,43-44,78-81H,1-9,11-26,28,55-62H2,(H,65,69)(H,66,84)(H,68,89)(H,70,82)(H,71,86)(H,72,85)(H,73,87)(H,74,88)(H,75,83)(H,76,90)(H4,63,64,67)/b34-10-/t31-,32-,33-,35-,36-,37-,38-,39+,40-,41-,43-,44-/m0/s1. The zero-order valence-corrected chi connectivity index (χ0v) is 51.5. The molecule has 2 heterocycles. The Morgan fingerprint density at radius 2 is 1.23 bits per heavy atom. The van der Waals surface area contributed by atoms with Crippen LogP contribution in [0.2, 0.25) is 0 Å². The molecule has 34 N–H and O–H groups in total. The molecule has 1 aliphatic rings. The summed E-state index contributed by atoms with van der Waals surface area (Å²) in [5.41, 5.74) is 56.4. The molecule has 12 atom stereocenters. The SMILES string of the molecule is NCCCCNC(=O)[C@H](CC[C@H](O)CN)NC(=O)/C(=C/CCN=C(N)N)NC(=O)[C@H](CC[C@H](O)CN)NC(=O)[C@H](Cc1cnc[nH]1)NC(=O)[C@H]1CCCN1C(=O)[C@H](CCCN)NC(=O)CNC(=O)[C@@H](NC(=O)[C@@H](NC(=O)[C@@H](N)CCCCN)[C@@H](O)CN)[C@@H](O)CN. The van der Waals surface area contributed by atoms with Gasteiger partial charge in [0.25, 0.3) is 5.91 Å². The zero-order valence-electron chi connectivity index (χ0n) is 51.5. The highest BCUT2D eigenvalue weighted by Crippen LogP contribution is 2.21. The van der Waals surface area contributed by atoms with E-state index in [0.717, 1.165) is 0 Å². The van der Waals surface area contributed by atoms with Gasteiger partial charge in [0.15, 0.2) is 5.96 Å². The lowest BCUT2D eigenvalue weighted by molar-refractivity contribution is -0.142. The second-order valence-corrected chi connectivity index (χ2v) is 21.8. The summed E-state index contributed by atoms with van der Waals surface area (Å²) in [7, 11) is 0. The quantitative estimate of drug-likeness (QED) is 0.0125. The summed E-state index contributed by atoms with van der Waals surface area (Å²) in [5, 5.41) is 64.5. The van der Waals surface area contributed by atoms with E-state index in [1.165, 1.54) is 23.5 Å². The van der Waals surface area contributed by atoms with E-state index in [0.29, 0.717) is 44.5 Å². The number of unbranched alkanes of at least 4 members (excludes halogenated alkanes) is 2. The maximum absolute atomic E-state index is 14.5. The van der Waals surface area contributed by atoms with Crippen molar-refractivity contribution in [3.05, 3.63) is 30.0 Å². The van der Waals surface area contributed by atoms with E-state index in [1.54, 1.807) is 0 Å². The van der Waals surface area contributed by atoms with Gasteiger partial charge in [0, 0.05) is 64.1 Å². The number of aromatic nitrogens is 2. The first-order valence-corrected chi connectivity index (χ1v) is 30.5. The molecule has 0 spiro atoms. The first kappa shape index (κ1) is 79.5. The van der Waals surface area contributed by atoms with Gasteiger partial charge < -0.3 is 135 Å². The maximum atomic E-state index is 14.5. The number of guanidine groups is 1. The lowest BCUT2D eigenvalue weighted by atomic mass is 10.0. The average Bonchev–Trinajstić information content (AvgIpc) is 3.17. The molecule has 1 saturated heterocycles. The number of H-pyrrole nitrogens is 1. The third-order valence-corrected chi connectivity index (χ3v) is 14.5. The number of hydrogen-bond acceptors (Lipinski definition) is 24. The first-order valence-electron chi connectivity index (χ1n) is 30.5. The minimum absolute atomic E-state index is 0.00895. The molecule has 2 rings (SSSR count). The number of likely N-dealkylation sites (tertiary alicyclic amines) is 1. The van der Waals surface area contributed by atoms with Crippen LogP contribution in [0, 0.1) is 0 Å². The summed E-state index contributed by atoms with van der Waals surface area (Å²) < 4.78 is 0. The molecule has 0 aliphatic carbocycles. The van der Waals surface area contributed by atoms with Gasteiger partial charge in [-0.25, -0.2) is 4.98 Å². The van der Waals surface area contributed by atoms with Crippen molar-refractivity contribution in [1.82, 2.24) is 62.7 Å². The van der Waals surface area contributed by atoms with Crippen LogP contribution in [0.15, 0.2) is 29.3 Å². The van der Waals surface area contributed by atoms with Crippen molar-refractivity contribution >= 4 is 65.0 Å². The number of nitrogens with one attached hydrogen (secondary N) is 10. The number of hydrogen-bond donors (Lipinski definition) is 24. The Balaban J connectivity index is 2.42. The van der Waals surface area contributed by atoms with Gasteiger partial charge in [0.05, 0.1) is 43.3 Å². The lowest BCUT2D eigenvalue weighted by Gasteiger charge is -2.30. The molecule has 1 aromatic heterocycles. The van der Waals surface area contributed by atoms with Gasteiger partial charge in [0.1, 0.15) is 48.0 Å². The number of rotatable bonds is 46. The van der Waals surface area contributed by atoms with Crippen molar-refractivity contribution in [1.29, 1.82) is 0 Å². The fourth-order valence-electron chi connectivity index (χ4n) is 9.21. The van der Waals surface area contributed by atoms with E-state index < -0.39 is 157 Å². The first-order chi connectivity index (χ1) is 43.4. The molecule has 1 fully saturated rings. The molecule has 0 unspecified atom stereocenters. The third kappa shape index (κ3) is 29.5. The molecular formula is C54H101N23O14. The van der Waals surface area contributed by atoms with Crippen LogP contribution >= 0.6 is 0 Å². The summed E-state index contributed by atoms with van der Waals surface area (Å²) in [5.74, 6) is -9.38. The summed E-state index contributed by atoms with van der Waals surface area (Å²) in [4.78, 5) is 151. The fourth-order valence-corrected chi connectivity index (χ4v) is 9.21. The van der Waals surface area contributed by atoms with Gasteiger partial charge in [-0.3, -0.25) is 52.9 Å². The molecule has 0 radical (unpaired) electrons. The second kappa shape index (κ2) is 44.0. The van der Waals surface area contributed by atoms with E-state index in [9.17, 15) is 68.4 Å². The maximum Gasteiger partial charge on any atom is 0.268 e. The van der Waals surface area contributed by atoms with Gasteiger partial charge >= 0.3 is 0 Å². The van der Waals surface area contributed by atoms with Gasteiger partial charge in [-0.2, -0.15) is 0 Å². The number of amides is 10. The molecule has 0 saturated carbocycles. The van der Waals surface area contributed by atoms with E-state index in [-0.39, 0.29) is 116 Å². The van der Waals surface area contributed by atoms with Gasteiger partial charge in [-0.05, 0) is 103 Å². The molecule has 516 valence electrons. The van der Waals surface area contributed by atoms with E-state index in [4.69, 9.17) is 57.3 Å². The number of aliphatic imine (C=N–C) groups is 1. The number of carbonyl (C=O) groups is 10. The Bertz CT molecular complexity index is 2490. The van der Waals surface area contributed by atoms with Crippen LogP contribution in [0.4, 0.5) is 0 Å². The van der Waals surface area contributed by atoms with Crippen molar-refractivity contribution in [2.45, 2.75) is 169 Å². The van der Waals surface area contributed by atoms with Crippen LogP contribution in [0.3, 0.4) is 0 Å². The molecule has 37 heteroatoms. The van der Waals surface area contributed by atoms with E-state index >= 15 is 0 Å². The summed E-state index contributed by atoms with van der Waals surface area (Å²) in [6.07, 6.45) is 0.474. The topological polar surface area (TPSA) is 664 Å². The minimum Gasteiger partial charge on any atom is -0.392 e. The van der Waals surface area contributed by atoms with Crippen LogP contribution in [0.1, 0.15) is 95.6 Å². The number of imidazole rings is 1. The predicted molar refractivity (Wildman–Crippen MR) is 332 cm³/mol. The van der Waals surface area contributed by atoms with Crippen LogP contribution in [0.5, 0.6) is 0 Å². The highest BCUT2D eigenvalue weighted by atomic mass is 16.3. The molecule has 37 nitrogen and oxygen atoms in total. The van der Waals surface area contributed by atoms with E-state index in [2.05, 4.69) is 62.8 Å². The zero-order chi connectivity index (χ0) is 68.0. The normalized spacial score (nSPS) is 16.8. The van der Waals surface area contributed by atoms with Crippen molar-refractivity contribution in [2.75, 3.05) is 72.0 Å². The molecule has 0 aromatic carbocycles. The lowest BCUT2D eigenvalue weighted by Crippen LogP contribution is -2.63. The van der Waals surface area contributed by atoms with Crippen LogP contribution in [0.25, 0.3) is 0 Å². The summed E-state index contributed by atoms with van der Waals surface area (Å²) >= 11 is 0. The highest BCUT2D eigenvalue weighted by molar-refractivity contribution is 6.02.